The van der Waals surface area contributed by atoms with E-state index in [1.165, 1.54) is 12.5 Å². The number of hydrogen-bond acceptors (Lipinski definition) is 10. The second-order valence-electron chi connectivity index (χ2n) is 11.8. The first-order valence-corrected chi connectivity index (χ1v) is 15.3. The van der Waals surface area contributed by atoms with Crippen molar-refractivity contribution in [1.29, 1.82) is 0 Å². The number of ether oxygens (including phenoxy) is 2. The molecule has 238 valence electrons. The molecule has 12 nitrogen and oxygen atoms in total. The van der Waals surface area contributed by atoms with Gasteiger partial charge in [-0.2, -0.15) is 0 Å². The standard InChI is InChI=1S/C34H39N9O3/c1-6-35-30-17-26(11-13-41(30)5)46-28-10-9-25(16-23(28)2)38-33-32-27(36-22-37-33)18-29-34(39-32)43-15-14-42(19-24(20-43)21-45-29)31(44)8-7-12-40(3)4/h6-11,13,16-18,22,24H,1,12,14-15,19-21H2,2-5H3,(H,36,37,38)/b8-7+,35-30?. The predicted molar refractivity (Wildman–Crippen MR) is 179 cm³/mol. The van der Waals surface area contributed by atoms with Gasteiger partial charge in [0.1, 0.15) is 28.8 Å². The Morgan fingerprint density at radius 1 is 1.20 bits per heavy atom. The van der Waals surface area contributed by atoms with Gasteiger partial charge in [-0.3, -0.25) is 4.79 Å². The zero-order valence-electron chi connectivity index (χ0n) is 26.7. The Hall–Kier alpha value is -5.23. The number of rotatable bonds is 8. The van der Waals surface area contributed by atoms with Crippen LogP contribution in [0.15, 0.2) is 78.8 Å². The summed E-state index contributed by atoms with van der Waals surface area (Å²) in [6.45, 7) is 9.54. The number of carbonyl (C=O) groups excluding carboxylic acids is 1. The average molecular weight is 622 g/mol. The quantitative estimate of drug-likeness (QED) is 0.292. The topological polar surface area (TPSA) is 113 Å². The van der Waals surface area contributed by atoms with Crippen LogP contribution in [0, 0.1) is 12.8 Å². The van der Waals surface area contributed by atoms with Crippen LogP contribution >= 0.6 is 0 Å². The minimum atomic E-state index is 0.0263. The van der Waals surface area contributed by atoms with E-state index in [2.05, 4.69) is 31.8 Å². The van der Waals surface area contributed by atoms with Gasteiger partial charge in [-0.15, -0.1) is 0 Å². The molecule has 1 atom stereocenters. The molecule has 1 amide bonds. The first-order chi connectivity index (χ1) is 22.3. The van der Waals surface area contributed by atoms with Crippen molar-refractivity contribution in [2.45, 2.75) is 6.92 Å². The van der Waals surface area contributed by atoms with Crippen molar-refractivity contribution in [1.82, 2.24) is 29.3 Å². The Morgan fingerprint density at radius 2 is 2.07 bits per heavy atom. The van der Waals surface area contributed by atoms with E-state index in [0.717, 1.165) is 41.4 Å². The van der Waals surface area contributed by atoms with Gasteiger partial charge in [0.15, 0.2) is 17.4 Å². The van der Waals surface area contributed by atoms with Gasteiger partial charge >= 0.3 is 0 Å². The fraction of sp³-hybridized carbons (Fsp3) is 0.324. The van der Waals surface area contributed by atoms with Crippen LogP contribution in [0.5, 0.6) is 17.2 Å². The maximum atomic E-state index is 12.9. The average Bonchev–Trinajstić information content (AvgIpc) is 3.35. The molecule has 6 rings (SSSR count). The summed E-state index contributed by atoms with van der Waals surface area (Å²) in [4.78, 5) is 37.5. The molecule has 12 heteroatoms. The smallest absolute Gasteiger partial charge is 0.246 e. The fourth-order valence-corrected chi connectivity index (χ4v) is 5.59. The first-order valence-electron chi connectivity index (χ1n) is 15.3. The second-order valence-corrected chi connectivity index (χ2v) is 11.8. The summed E-state index contributed by atoms with van der Waals surface area (Å²) in [6, 6.07) is 11.6. The van der Waals surface area contributed by atoms with E-state index in [1.54, 1.807) is 6.08 Å². The number of anilines is 3. The number of hydrogen-bond donors (Lipinski definition) is 1. The minimum Gasteiger partial charge on any atom is -0.489 e. The van der Waals surface area contributed by atoms with Gasteiger partial charge in [0, 0.05) is 82.0 Å². The van der Waals surface area contributed by atoms with Crippen LogP contribution in [0.25, 0.3) is 11.0 Å². The number of carbonyl (C=O) groups is 1. The molecule has 1 N–H and O–H groups in total. The number of pyridine rings is 2. The number of nitrogens with one attached hydrogen (secondary N) is 1. The molecule has 2 bridgehead atoms. The second kappa shape index (κ2) is 13.4. The molecule has 3 aromatic heterocycles. The van der Waals surface area contributed by atoms with Crippen LogP contribution in [-0.2, 0) is 11.8 Å². The molecule has 5 heterocycles. The van der Waals surface area contributed by atoms with Gasteiger partial charge in [-0.1, -0.05) is 12.7 Å². The molecule has 1 unspecified atom stereocenters. The van der Waals surface area contributed by atoms with Gasteiger partial charge in [-0.05, 0) is 50.8 Å². The summed E-state index contributed by atoms with van der Waals surface area (Å²) in [5.41, 5.74) is 3.85. The van der Waals surface area contributed by atoms with Gasteiger partial charge in [0.05, 0.1) is 12.1 Å². The lowest BCUT2D eigenvalue weighted by atomic mass is 10.1. The molecule has 1 aromatic carbocycles. The van der Waals surface area contributed by atoms with Crippen LogP contribution in [-0.4, -0.2) is 88.7 Å². The molecule has 1 saturated heterocycles. The third-order valence-electron chi connectivity index (χ3n) is 7.95. The molecule has 2 aliphatic heterocycles. The number of amides is 1. The maximum absolute atomic E-state index is 12.9. The Morgan fingerprint density at radius 3 is 2.87 bits per heavy atom. The largest absolute Gasteiger partial charge is 0.489 e. The number of aryl methyl sites for hydroxylation is 2. The van der Waals surface area contributed by atoms with Gasteiger partial charge < -0.3 is 34.1 Å². The fourth-order valence-electron chi connectivity index (χ4n) is 5.59. The highest BCUT2D eigenvalue weighted by molar-refractivity contribution is 5.90. The van der Waals surface area contributed by atoms with E-state index >= 15 is 0 Å². The summed E-state index contributed by atoms with van der Waals surface area (Å²) < 4.78 is 14.3. The third kappa shape index (κ3) is 6.86. The van der Waals surface area contributed by atoms with Crippen molar-refractivity contribution in [3.8, 4) is 17.2 Å². The van der Waals surface area contributed by atoms with Gasteiger partial charge in [-0.25, -0.2) is 19.9 Å². The lowest BCUT2D eigenvalue weighted by Gasteiger charge is -2.24. The molecule has 1 fully saturated rings. The summed E-state index contributed by atoms with van der Waals surface area (Å²) in [5.74, 6) is 3.61. The molecule has 0 aliphatic carbocycles. The van der Waals surface area contributed by atoms with Crippen molar-refractivity contribution < 1.29 is 14.3 Å². The van der Waals surface area contributed by atoms with Crippen LogP contribution in [0.2, 0.25) is 0 Å². The lowest BCUT2D eigenvalue weighted by molar-refractivity contribution is -0.126. The molecule has 2 aliphatic rings. The van der Waals surface area contributed by atoms with Crippen molar-refractivity contribution in [3.05, 3.63) is 84.9 Å². The molecular weight excluding hydrogens is 582 g/mol. The monoisotopic (exact) mass is 621 g/mol. The van der Waals surface area contributed by atoms with Crippen LogP contribution in [0.4, 0.5) is 17.3 Å². The van der Waals surface area contributed by atoms with Crippen LogP contribution in [0.1, 0.15) is 5.56 Å². The van der Waals surface area contributed by atoms with E-state index in [0.29, 0.717) is 54.6 Å². The maximum Gasteiger partial charge on any atom is 0.246 e. The van der Waals surface area contributed by atoms with E-state index in [-0.39, 0.29) is 11.8 Å². The summed E-state index contributed by atoms with van der Waals surface area (Å²) in [7, 11) is 5.88. The third-order valence-corrected chi connectivity index (χ3v) is 7.95. The highest BCUT2D eigenvalue weighted by atomic mass is 16.5. The number of likely N-dealkylation sites (N-methyl/N-ethyl adjacent to an activating group) is 1. The molecule has 4 aromatic rings. The Bertz CT molecular complexity index is 1870. The Labute approximate surface area is 268 Å². The molecule has 0 radical (unpaired) electrons. The summed E-state index contributed by atoms with van der Waals surface area (Å²) in [5, 5.41) is 3.43. The van der Waals surface area contributed by atoms with Crippen molar-refractivity contribution in [2.75, 3.05) is 63.6 Å². The predicted octanol–water partition coefficient (Wildman–Crippen LogP) is 4.03. The Balaban J connectivity index is 1.22. The number of benzene rings is 1. The lowest BCUT2D eigenvalue weighted by Crippen LogP contribution is -2.36. The SMILES string of the molecule is C=CN=c1cc(Oc2ccc(Nc3ncnc4cc5c(nc34)N3CCN(C(=O)/C=C/CN(C)C)CC(CO5)C3)cc2C)ccn1C. The van der Waals surface area contributed by atoms with E-state index in [4.69, 9.17) is 14.5 Å². The van der Waals surface area contributed by atoms with E-state index < -0.39 is 0 Å². The first kappa shape index (κ1) is 30.8. The Kier molecular flexibility index (Phi) is 8.97. The van der Waals surface area contributed by atoms with E-state index in [1.807, 2.05) is 91.1 Å². The summed E-state index contributed by atoms with van der Waals surface area (Å²) >= 11 is 0. The van der Waals surface area contributed by atoms with E-state index in [9.17, 15) is 4.79 Å². The number of nitrogens with zero attached hydrogens (tertiary/aromatic N) is 8. The normalized spacial score (nSPS) is 16.6. The van der Waals surface area contributed by atoms with Gasteiger partial charge in [0.25, 0.3) is 0 Å². The van der Waals surface area contributed by atoms with Crippen LogP contribution < -0.4 is 25.2 Å². The highest BCUT2D eigenvalue weighted by Crippen LogP contribution is 2.36. The zero-order valence-corrected chi connectivity index (χ0v) is 26.7. The minimum absolute atomic E-state index is 0.0263. The molecule has 0 saturated carbocycles. The van der Waals surface area contributed by atoms with Crippen molar-refractivity contribution in [3.63, 3.8) is 0 Å². The van der Waals surface area contributed by atoms with Crippen LogP contribution in [0.3, 0.4) is 0 Å². The molecular formula is C34H39N9O3. The number of fused-ring (bicyclic) bond motifs is 5. The van der Waals surface area contributed by atoms with Crippen molar-refractivity contribution in [2.24, 2.45) is 18.0 Å². The molecule has 0 spiro atoms. The number of aromatic nitrogens is 4. The zero-order chi connectivity index (χ0) is 32.2. The van der Waals surface area contributed by atoms with Gasteiger partial charge in [0.2, 0.25) is 5.91 Å². The summed E-state index contributed by atoms with van der Waals surface area (Å²) in [6.07, 6.45) is 8.51. The molecule has 46 heavy (non-hydrogen) atoms. The van der Waals surface area contributed by atoms with Crippen molar-refractivity contribution >= 4 is 34.3 Å². The highest BCUT2D eigenvalue weighted by Gasteiger charge is 2.31.